The van der Waals surface area contributed by atoms with Crippen molar-refractivity contribution >= 4 is 5.69 Å². The lowest BCUT2D eigenvalue weighted by Crippen LogP contribution is -2.32. The predicted molar refractivity (Wildman–Crippen MR) is 74.8 cm³/mol. The second kappa shape index (κ2) is 5.64. The lowest BCUT2D eigenvalue weighted by molar-refractivity contribution is -0.137. The molecule has 0 saturated heterocycles. The van der Waals surface area contributed by atoms with Gasteiger partial charge in [-0.1, -0.05) is 6.07 Å². The minimum absolute atomic E-state index is 0.145. The van der Waals surface area contributed by atoms with Crippen LogP contribution in [0.1, 0.15) is 30.9 Å². The van der Waals surface area contributed by atoms with E-state index in [1.807, 2.05) is 6.92 Å². The van der Waals surface area contributed by atoms with Gasteiger partial charge in [0, 0.05) is 25.3 Å². The van der Waals surface area contributed by atoms with Gasteiger partial charge in [-0.15, -0.1) is 0 Å². The van der Waals surface area contributed by atoms with E-state index in [4.69, 9.17) is 0 Å². The molecule has 1 aromatic rings. The molecule has 2 nitrogen and oxygen atoms in total. The van der Waals surface area contributed by atoms with Crippen LogP contribution in [-0.4, -0.2) is 20.1 Å². The van der Waals surface area contributed by atoms with E-state index in [0.717, 1.165) is 12.8 Å². The van der Waals surface area contributed by atoms with Gasteiger partial charge in [0.25, 0.3) is 0 Å². The van der Waals surface area contributed by atoms with Crippen molar-refractivity contribution in [1.82, 2.24) is 5.32 Å². The second-order valence-electron chi connectivity index (χ2n) is 5.57. The molecule has 2 rings (SSSR count). The highest BCUT2D eigenvalue weighted by Crippen LogP contribution is 2.41. The van der Waals surface area contributed by atoms with Crippen LogP contribution >= 0.6 is 0 Å². The molecular weight excluding hydrogens is 265 g/mol. The normalized spacial score (nSPS) is 17.1. The SMILES string of the molecule is CNCc1ccc(N(C)C(C)C2CC2)c(C(F)(F)F)c1. The fourth-order valence-corrected chi connectivity index (χ4v) is 2.55. The van der Waals surface area contributed by atoms with Crippen LogP contribution in [0.4, 0.5) is 18.9 Å². The summed E-state index contributed by atoms with van der Waals surface area (Å²) in [6, 6.07) is 4.75. The smallest absolute Gasteiger partial charge is 0.371 e. The molecule has 1 fully saturated rings. The third-order valence-electron chi connectivity index (χ3n) is 4.04. The second-order valence-corrected chi connectivity index (χ2v) is 5.57. The maximum atomic E-state index is 13.3. The third-order valence-corrected chi connectivity index (χ3v) is 4.04. The van der Waals surface area contributed by atoms with Crippen LogP contribution in [-0.2, 0) is 12.7 Å². The van der Waals surface area contributed by atoms with Gasteiger partial charge in [0.2, 0.25) is 0 Å². The van der Waals surface area contributed by atoms with Crippen molar-refractivity contribution in [2.24, 2.45) is 5.92 Å². The van der Waals surface area contributed by atoms with Crippen molar-refractivity contribution in [1.29, 1.82) is 0 Å². The Balaban J connectivity index is 2.35. The highest BCUT2D eigenvalue weighted by atomic mass is 19.4. The number of anilines is 1. The van der Waals surface area contributed by atoms with Gasteiger partial charge in [-0.2, -0.15) is 13.2 Å². The molecule has 0 aromatic heterocycles. The molecule has 5 heteroatoms. The first-order chi connectivity index (χ1) is 9.34. The Morgan fingerprint density at radius 1 is 1.35 bits per heavy atom. The first-order valence-electron chi connectivity index (χ1n) is 6.92. The summed E-state index contributed by atoms with van der Waals surface area (Å²) in [6.07, 6.45) is -2.09. The van der Waals surface area contributed by atoms with Crippen molar-refractivity contribution in [3.8, 4) is 0 Å². The number of alkyl halides is 3. The zero-order chi connectivity index (χ0) is 14.9. The Morgan fingerprint density at radius 3 is 2.50 bits per heavy atom. The average Bonchev–Trinajstić information content (AvgIpc) is 3.20. The summed E-state index contributed by atoms with van der Waals surface area (Å²) in [5, 5.41) is 2.88. The zero-order valence-corrected chi connectivity index (χ0v) is 12.1. The summed E-state index contributed by atoms with van der Waals surface area (Å²) >= 11 is 0. The topological polar surface area (TPSA) is 15.3 Å². The van der Waals surface area contributed by atoms with Gasteiger partial charge >= 0.3 is 6.18 Å². The lowest BCUT2D eigenvalue weighted by atomic mass is 10.0. The van der Waals surface area contributed by atoms with Crippen molar-refractivity contribution in [3.63, 3.8) is 0 Å². The van der Waals surface area contributed by atoms with E-state index in [1.54, 1.807) is 31.1 Å². The van der Waals surface area contributed by atoms with Crippen LogP contribution in [0.5, 0.6) is 0 Å². The number of nitrogens with zero attached hydrogens (tertiary/aromatic N) is 1. The van der Waals surface area contributed by atoms with Gasteiger partial charge < -0.3 is 10.2 Å². The molecule has 0 spiro atoms. The van der Waals surface area contributed by atoms with Crippen LogP contribution in [0.15, 0.2) is 18.2 Å². The summed E-state index contributed by atoms with van der Waals surface area (Å²) in [7, 11) is 3.48. The standard InChI is InChI=1S/C15H21F3N2/c1-10(12-5-6-12)20(3)14-7-4-11(9-19-2)8-13(14)15(16,17)18/h4,7-8,10,12,19H,5-6,9H2,1-3H3. The lowest BCUT2D eigenvalue weighted by Gasteiger charge is -2.30. The fraction of sp³-hybridized carbons (Fsp3) is 0.600. The Labute approximate surface area is 118 Å². The van der Waals surface area contributed by atoms with Crippen LogP contribution < -0.4 is 10.2 Å². The highest BCUT2D eigenvalue weighted by molar-refractivity contribution is 5.56. The predicted octanol–water partition coefficient (Wildman–Crippen LogP) is 3.66. The molecule has 20 heavy (non-hydrogen) atoms. The molecule has 112 valence electrons. The zero-order valence-electron chi connectivity index (χ0n) is 12.1. The minimum atomic E-state index is -4.32. The summed E-state index contributed by atoms with van der Waals surface area (Å²) in [6.45, 7) is 2.44. The first kappa shape index (κ1) is 15.2. The molecule has 1 unspecified atom stereocenters. The van der Waals surface area contributed by atoms with Crippen LogP contribution in [0, 0.1) is 5.92 Å². The van der Waals surface area contributed by atoms with Gasteiger partial charge in [0.1, 0.15) is 0 Å². The number of hydrogen-bond acceptors (Lipinski definition) is 2. The van der Waals surface area contributed by atoms with E-state index in [0.29, 0.717) is 18.0 Å². The molecule has 1 N–H and O–H groups in total. The van der Waals surface area contributed by atoms with Crippen molar-refractivity contribution in [2.45, 2.75) is 38.5 Å². The largest absolute Gasteiger partial charge is 0.418 e. The molecule has 1 atom stereocenters. The molecule has 0 amide bonds. The maximum absolute atomic E-state index is 13.3. The third kappa shape index (κ3) is 3.26. The molecule has 1 aliphatic rings. The number of hydrogen-bond donors (Lipinski definition) is 1. The minimum Gasteiger partial charge on any atom is -0.371 e. The van der Waals surface area contributed by atoms with Crippen LogP contribution in [0.3, 0.4) is 0 Å². The first-order valence-corrected chi connectivity index (χ1v) is 6.92. The maximum Gasteiger partial charge on any atom is 0.418 e. The van der Waals surface area contributed by atoms with Crippen molar-refractivity contribution in [3.05, 3.63) is 29.3 Å². The highest BCUT2D eigenvalue weighted by Gasteiger charge is 2.37. The van der Waals surface area contributed by atoms with Gasteiger partial charge in [0.05, 0.1) is 5.56 Å². The van der Waals surface area contributed by atoms with Gasteiger partial charge in [0.15, 0.2) is 0 Å². The molecule has 0 radical (unpaired) electrons. The molecule has 0 bridgehead atoms. The van der Waals surface area contributed by atoms with E-state index in [-0.39, 0.29) is 11.7 Å². The Kier molecular flexibility index (Phi) is 4.28. The van der Waals surface area contributed by atoms with E-state index >= 15 is 0 Å². The molecule has 1 aromatic carbocycles. The number of rotatable bonds is 5. The Morgan fingerprint density at radius 2 is 2.00 bits per heavy atom. The monoisotopic (exact) mass is 286 g/mol. The molecule has 0 aliphatic heterocycles. The van der Waals surface area contributed by atoms with E-state index in [2.05, 4.69) is 5.32 Å². The molecule has 1 saturated carbocycles. The number of nitrogens with one attached hydrogen (secondary N) is 1. The number of halogens is 3. The molecular formula is C15H21F3N2. The Hall–Kier alpha value is -1.23. The van der Waals surface area contributed by atoms with Gasteiger partial charge in [-0.25, -0.2) is 0 Å². The van der Waals surface area contributed by atoms with Crippen molar-refractivity contribution in [2.75, 3.05) is 19.0 Å². The quantitative estimate of drug-likeness (QED) is 0.888. The summed E-state index contributed by atoms with van der Waals surface area (Å²) in [4.78, 5) is 1.77. The molecule has 1 aliphatic carbocycles. The van der Waals surface area contributed by atoms with E-state index in [1.165, 1.54) is 6.07 Å². The molecule has 0 heterocycles. The van der Waals surface area contributed by atoms with E-state index in [9.17, 15) is 13.2 Å². The average molecular weight is 286 g/mol. The van der Waals surface area contributed by atoms with E-state index < -0.39 is 11.7 Å². The summed E-state index contributed by atoms with van der Waals surface area (Å²) < 4.78 is 39.8. The fourth-order valence-electron chi connectivity index (χ4n) is 2.55. The van der Waals surface area contributed by atoms with Gasteiger partial charge in [-0.3, -0.25) is 0 Å². The van der Waals surface area contributed by atoms with Crippen LogP contribution in [0.2, 0.25) is 0 Å². The van der Waals surface area contributed by atoms with Gasteiger partial charge in [-0.05, 0) is 50.4 Å². The number of benzene rings is 1. The Bertz CT molecular complexity index is 467. The summed E-state index contributed by atoms with van der Waals surface area (Å²) in [5.74, 6) is 0.526. The van der Waals surface area contributed by atoms with Crippen LogP contribution in [0.25, 0.3) is 0 Å². The summed E-state index contributed by atoms with van der Waals surface area (Å²) in [5.41, 5.74) is 0.382. The van der Waals surface area contributed by atoms with Crippen molar-refractivity contribution < 1.29 is 13.2 Å².